The summed E-state index contributed by atoms with van der Waals surface area (Å²) >= 11 is 0. The Morgan fingerprint density at radius 3 is 1.15 bits per heavy atom. The van der Waals surface area contributed by atoms with Gasteiger partial charge in [0.1, 0.15) is 16.1 Å². The van der Waals surface area contributed by atoms with Gasteiger partial charge >= 0.3 is 0 Å². The van der Waals surface area contributed by atoms with Crippen LogP contribution in [-0.4, -0.2) is 32.1 Å². The van der Waals surface area contributed by atoms with Gasteiger partial charge in [-0.15, -0.1) is 0 Å². The lowest BCUT2D eigenvalue weighted by molar-refractivity contribution is 0.734. The van der Waals surface area contributed by atoms with Crippen LogP contribution in [0.25, 0.3) is 0 Å². The zero-order valence-electron chi connectivity index (χ0n) is 15.5. The van der Waals surface area contributed by atoms with Gasteiger partial charge in [0.05, 0.1) is 0 Å². The summed E-state index contributed by atoms with van der Waals surface area (Å²) in [6.45, 7) is 26.1. The molecule has 0 bridgehead atoms. The van der Waals surface area contributed by atoms with Gasteiger partial charge in [-0.1, -0.05) is 85.8 Å². The first kappa shape index (κ1) is 20.0. The fourth-order valence-electron chi connectivity index (χ4n) is 1.22. The average molecular weight is 338 g/mol. The van der Waals surface area contributed by atoms with E-state index in [1.54, 1.807) is 0 Å². The average Bonchev–Trinajstić information content (AvgIpc) is 2.11. The minimum atomic E-state index is -1.43. The van der Waals surface area contributed by atoms with Crippen LogP contribution in [0.4, 0.5) is 0 Å². The highest BCUT2D eigenvalue weighted by Gasteiger charge is 2.31. The molecule has 0 saturated carbocycles. The van der Waals surface area contributed by atoms with E-state index in [0.29, 0.717) is 5.04 Å². The maximum atomic E-state index is 3.70. The maximum absolute atomic E-state index is 3.70. The smallest absolute Gasteiger partial charge is 0.125 e. The maximum Gasteiger partial charge on any atom is 0.125 e. The Balaban J connectivity index is 5.71. The van der Waals surface area contributed by atoms with Gasteiger partial charge in [0.15, 0.2) is 0 Å². The van der Waals surface area contributed by atoms with Crippen molar-refractivity contribution in [2.45, 2.75) is 78.2 Å². The Hall–Kier alpha value is -0.0125. The van der Waals surface area contributed by atoms with Crippen LogP contribution >= 0.6 is 0 Å². The van der Waals surface area contributed by atoms with Gasteiger partial charge in [-0.05, 0) is 0 Å². The molecular formula is C16H33Si4-. The Bertz CT molecular complexity index is 416. The van der Waals surface area contributed by atoms with E-state index in [-0.39, 0.29) is 0 Å². The normalized spacial score (nSPS) is 12.9. The van der Waals surface area contributed by atoms with E-state index in [9.17, 15) is 0 Å². The van der Waals surface area contributed by atoms with E-state index in [4.69, 9.17) is 0 Å². The summed E-state index contributed by atoms with van der Waals surface area (Å²) in [4.78, 5) is 0. The first-order valence-corrected chi connectivity index (χ1v) is 20.0. The minimum absolute atomic E-state index is 0.379. The van der Waals surface area contributed by atoms with Gasteiger partial charge in [-0.25, -0.2) is 0 Å². The van der Waals surface area contributed by atoms with Gasteiger partial charge in [0.25, 0.3) is 0 Å². The Morgan fingerprint density at radius 1 is 0.650 bits per heavy atom. The lowest BCUT2D eigenvalue weighted by atomic mass is 10.2. The van der Waals surface area contributed by atoms with Crippen LogP contribution in [-0.2, 0) is 0 Å². The second-order valence-electron chi connectivity index (χ2n) is 9.25. The highest BCUT2D eigenvalue weighted by atomic mass is 29.2. The molecule has 0 spiro atoms. The molecule has 0 radical (unpaired) electrons. The van der Waals surface area contributed by atoms with E-state index < -0.39 is 32.1 Å². The number of hydrogen-bond donors (Lipinski definition) is 0. The molecular weight excluding hydrogens is 305 g/mol. The Kier molecular flexibility index (Phi) is 6.39. The zero-order chi connectivity index (χ0) is 16.4. The molecule has 4 heteroatoms. The number of rotatable bonds is 1. The lowest BCUT2D eigenvalue weighted by Crippen LogP contribution is -2.52. The van der Waals surface area contributed by atoms with Crippen LogP contribution in [0.15, 0.2) is 0 Å². The largest absolute Gasteiger partial charge is 0.292 e. The standard InChI is InChI=1S/C16H33Si4/c1-16(2,3)20(10,11)17(12-14-18(4,5)6)13-15-19(7,8)9/h1-11H3/q-1. The Morgan fingerprint density at radius 2 is 0.950 bits per heavy atom. The molecule has 0 saturated heterocycles. The SMILES string of the molecule is CC(C)(C)[Si](C)(C)[Si-](C#C[Si](C)(C)C)C#C[Si](C)(C)C. The molecule has 0 N–H and O–H groups in total. The molecule has 0 fully saturated rings. The van der Waals surface area contributed by atoms with Gasteiger partial charge in [-0.3, -0.25) is 11.1 Å². The van der Waals surface area contributed by atoms with E-state index in [2.05, 4.69) is 95.3 Å². The van der Waals surface area contributed by atoms with Crippen molar-refractivity contribution in [2.75, 3.05) is 0 Å². The molecule has 114 valence electrons. The quantitative estimate of drug-likeness (QED) is 0.471. The fourth-order valence-corrected chi connectivity index (χ4v) is 11.9. The van der Waals surface area contributed by atoms with Crippen molar-refractivity contribution in [1.82, 2.24) is 0 Å². The molecule has 0 heterocycles. The van der Waals surface area contributed by atoms with Crippen molar-refractivity contribution in [2.24, 2.45) is 0 Å². The molecule has 0 aliphatic heterocycles. The predicted molar refractivity (Wildman–Crippen MR) is 105 cm³/mol. The molecule has 0 aliphatic carbocycles. The van der Waals surface area contributed by atoms with Crippen molar-refractivity contribution in [1.29, 1.82) is 0 Å². The van der Waals surface area contributed by atoms with Crippen molar-refractivity contribution in [3.05, 3.63) is 0 Å². The second kappa shape index (κ2) is 6.40. The van der Waals surface area contributed by atoms with E-state index in [1.165, 1.54) is 0 Å². The van der Waals surface area contributed by atoms with Crippen LogP contribution in [0, 0.1) is 22.2 Å². The third kappa shape index (κ3) is 7.13. The molecule has 0 nitrogen and oxygen atoms in total. The second-order valence-corrected chi connectivity index (χ2v) is 30.0. The van der Waals surface area contributed by atoms with Crippen molar-refractivity contribution in [3.63, 3.8) is 0 Å². The van der Waals surface area contributed by atoms with Crippen LogP contribution in [0.5, 0.6) is 0 Å². The van der Waals surface area contributed by atoms with Crippen molar-refractivity contribution in [3.8, 4) is 22.2 Å². The molecule has 0 aromatic rings. The van der Waals surface area contributed by atoms with Gasteiger partial charge in [0.2, 0.25) is 0 Å². The highest BCUT2D eigenvalue weighted by Crippen LogP contribution is 2.37. The summed E-state index contributed by atoms with van der Waals surface area (Å²) < 4.78 is 0. The molecule has 0 atom stereocenters. The first-order valence-electron chi connectivity index (χ1n) is 7.50. The van der Waals surface area contributed by atoms with E-state index in [0.717, 1.165) is 0 Å². The molecule has 0 rings (SSSR count). The minimum Gasteiger partial charge on any atom is -0.292 e. The summed E-state index contributed by atoms with van der Waals surface area (Å²) in [6, 6.07) is 0. The Labute approximate surface area is 132 Å². The fraction of sp³-hybridized carbons (Fsp3) is 0.750. The number of hydrogen-bond acceptors (Lipinski definition) is 0. The van der Waals surface area contributed by atoms with Crippen LogP contribution < -0.4 is 0 Å². The zero-order valence-corrected chi connectivity index (χ0v) is 19.5. The summed E-state index contributed by atoms with van der Waals surface area (Å²) in [6.07, 6.45) is 0. The van der Waals surface area contributed by atoms with Crippen molar-refractivity contribution >= 4 is 32.1 Å². The molecule has 0 aromatic heterocycles. The molecule has 0 unspecified atom stereocenters. The van der Waals surface area contributed by atoms with Gasteiger partial charge in [0, 0.05) is 0 Å². The van der Waals surface area contributed by atoms with E-state index in [1.807, 2.05) is 0 Å². The van der Waals surface area contributed by atoms with Crippen molar-refractivity contribution < 1.29 is 0 Å². The summed E-state index contributed by atoms with van der Waals surface area (Å²) in [7, 11) is -4.90. The predicted octanol–water partition coefficient (Wildman–Crippen LogP) is 4.91. The van der Waals surface area contributed by atoms with Crippen LogP contribution in [0.3, 0.4) is 0 Å². The van der Waals surface area contributed by atoms with Crippen LogP contribution in [0.2, 0.25) is 57.4 Å². The third-order valence-electron chi connectivity index (χ3n) is 3.62. The molecule has 0 amide bonds. The molecule has 20 heavy (non-hydrogen) atoms. The summed E-state index contributed by atoms with van der Waals surface area (Å²) in [5, 5.41) is 0.379. The molecule has 0 aromatic carbocycles. The highest BCUT2D eigenvalue weighted by molar-refractivity contribution is 7.39. The lowest BCUT2D eigenvalue weighted by Gasteiger charge is -2.49. The van der Waals surface area contributed by atoms with Gasteiger partial charge < -0.3 is 0 Å². The molecule has 0 aliphatic rings. The first-order chi connectivity index (χ1) is 8.56. The van der Waals surface area contributed by atoms with E-state index >= 15 is 0 Å². The third-order valence-corrected chi connectivity index (χ3v) is 18.4. The van der Waals surface area contributed by atoms with Crippen LogP contribution in [0.1, 0.15) is 20.8 Å². The van der Waals surface area contributed by atoms with Gasteiger partial charge in [-0.2, -0.15) is 19.4 Å². The topological polar surface area (TPSA) is 0 Å². The summed E-state index contributed by atoms with van der Waals surface area (Å²) in [5.74, 6) is 0. The summed E-state index contributed by atoms with van der Waals surface area (Å²) in [5.41, 5.74) is 14.6. The monoisotopic (exact) mass is 337 g/mol.